The number of hydrogen-bond acceptors (Lipinski definition) is 2. The molecule has 2 unspecified atom stereocenters. The lowest BCUT2D eigenvalue weighted by molar-refractivity contribution is 0.126. The molecule has 1 aliphatic heterocycles. The Morgan fingerprint density at radius 1 is 1.43 bits per heavy atom. The zero-order valence-corrected chi connectivity index (χ0v) is 10.1. The van der Waals surface area contributed by atoms with Crippen molar-refractivity contribution in [3.8, 4) is 0 Å². The molecule has 0 aromatic carbocycles. The van der Waals surface area contributed by atoms with Crippen molar-refractivity contribution in [2.45, 2.75) is 46.6 Å². The first-order chi connectivity index (χ1) is 6.38. The van der Waals surface area contributed by atoms with Gasteiger partial charge in [0.25, 0.3) is 0 Å². The molecule has 1 aliphatic rings. The Balaban J connectivity index is 2.23. The fourth-order valence-electron chi connectivity index (χ4n) is 1.95. The fourth-order valence-corrected chi connectivity index (χ4v) is 1.95. The first-order valence-corrected chi connectivity index (χ1v) is 5.79. The second-order valence-electron chi connectivity index (χ2n) is 5.90. The standard InChI is InChI=1S/C12H25NO/c1-10(14)11-5-7-13(9-11)8-6-12(2,3)4/h10-11,14H,5-9H2,1-4H3. The normalized spacial score (nSPS) is 26.8. The highest BCUT2D eigenvalue weighted by Crippen LogP contribution is 2.23. The maximum Gasteiger partial charge on any atom is 0.0552 e. The summed E-state index contributed by atoms with van der Waals surface area (Å²) in [5, 5.41) is 9.47. The number of hydrogen-bond donors (Lipinski definition) is 1. The van der Waals surface area contributed by atoms with Gasteiger partial charge in [0.2, 0.25) is 0 Å². The van der Waals surface area contributed by atoms with Crippen LogP contribution in [-0.4, -0.2) is 35.7 Å². The quantitative estimate of drug-likeness (QED) is 0.752. The molecule has 2 atom stereocenters. The Morgan fingerprint density at radius 2 is 2.07 bits per heavy atom. The highest BCUT2D eigenvalue weighted by Gasteiger charge is 2.26. The van der Waals surface area contributed by atoms with E-state index >= 15 is 0 Å². The Bertz CT molecular complexity index is 172. The van der Waals surface area contributed by atoms with Gasteiger partial charge in [-0.25, -0.2) is 0 Å². The molecule has 0 aromatic rings. The molecule has 2 heteroatoms. The second-order valence-corrected chi connectivity index (χ2v) is 5.90. The number of nitrogens with zero attached hydrogens (tertiary/aromatic N) is 1. The van der Waals surface area contributed by atoms with Crippen molar-refractivity contribution in [3.63, 3.8) is 0 Å². The van der Waals surface area contributed by atoms with Crippen LogP contribution in [-0.2, 0) is 0 Å². The average Bonchev–Trinajstić information content (AvgIpc) is 2.47. The molecule has 1 heterocycles. The molecular formula is C12H25NO. The molecule has 0 aromatic heterocycles. The molecule has 0 amide bonds. The molecule has 0 bridgehead atoms. The summed E-state index contributed by atoms with van der Waals surface area (Å²) in [7, 11) is 0. The minimum atomic E-state index is -0.130. The number of aliphatic hydroxyl groups excluding tert-OH is 1. The molecule has 1 fully saturated rings. The van der Waals surface area contributed by atoms with Crippen LogP contribution in [0.4, 0.5) is 0 Å². The first kappa shape index (κ1) is 12.0. The van der Waals surface area contributed by atoms with Crippen LogP contribution in [0.5, 0.6) is 0 Å². The van der Waals surface area contributed by atoms with Gasteiger partial charge in [-0.3, -0.25) is 0 Å². The third kappa shape index (κ3) is 3.97. The SMILES string of the molecule is CC(O)C1CCN(CCC(C)(C)C)C1. The number of rotatable bonds is 3. The molecule has 14 heavy (non-hydrogen) atoms. The average molecular weight is 199 g/mol. The summed E-state index contributed by atoms with van der Waals surface area (Å²) >= 11 is 0. The van der Waals surface area contributed by atoms with Crippen LogP contribution >= 0.6 is 0 Å². The molecule has 84 valence electrons. The first-order valence-electron chi connectivity index (χ1n) is 5.79. The largest absolute Gasteiger partial charge is 0.393 e. The van der Waals surface area contributed by atoms with Gasteiger partial charge in [-0.15, -0.1) is 0 Å². The third-order valence-electron chi connectivity index (χ3n) is 3.17. The summed E-state index contributed by atoms with van der Waals surface area (Å²) in [6.45, 7) is 12.2. The van der Waals surface area contributed by atoms with Gasteiger partial charge in [0.05, 0.1) is 6.10 Å². The van der Waals surface area contributed by atoms with Crippen molar-refractivity contribution in [2.75, 3.05) is 19.6 Å². The van der Waals surface area contributed by atoms with Crippen LogP contribution in [0.15, 0.2) is 0 Å². The number of likely N-dealkylation sites (tertiary alicyclic amines) is 1. The predicted octanol–water partition coefficient (Wildman–Crippen LogP) is 2.13. The van der Waals surface area contributed by atoms with Gasteiger partial charge < -0.3 is 10.0 Å². The van der Waals surface area contributed by atoms with E-state index in [0.29, 0.717) is 11.3 Å². The van der Waals surface area contributed by atoms with Crippen molar-refractivity contribution in [1.82, 2.24) is 4.90 Å². The third-order valence-corrected chi connectivity index (χ3v) is 3.17. The van der Waals surface area contributed by atoms with E-state index in [2.05, 4.69) is 25.7 Å². The van der Waals surface area contributed by atoms with Crippen molar-refractivity contribution in [1.29, 1.82) is 0 Å². The molecule has 0 radical (unpaired) electrons. The fraction of sp³-hybridized carbons (Fsp3) is 1.00. The van der Waals surface area contributed by atoms with Gasteiger partial charge in [0, 0.05) is 6.54 Å². The van der Waals surface area contributed by atoms with Gasteiger partial charge in [-0.2, -0.15) is 0 Å². The lowest BCUT2D eigenvalue weighted by atomic mass is 9.92. The van der Waals surface area contributed by atoms with Gasteiger partial charge in [0.1, 0.15) is 0 Å². The zero-order chi connectivity index (χ0) is 10.8. The Kier molecular flexibility index (Phi) is 3.96. The smallest absolute Gasteiger partial charge is 0.0552 e. The molecule has 0 aliphatic carbocycles. The Hall–Kier alpha value is -0.0800. The van der Waals surface area contributed by atoms with Gasteiger partial charge >= 0.3 is 0 Å². The van der Waals surface area contributed by atoms with Crippen molar-refractivity contribution in [3.05, 3.63) is 0 Å². The minimum absolute atomic E-state index is 0.130. The molecule has 0 spiro atoms. The van der Waals surface area contributed by atoms with E-state index in [1.807, 2.05) is 6.92 Å². The molecule has 1 rings (SSSR count). The highest BCUT2D eigenvalue weighted by molar-refractivity contribution is 4.79. The summed E-state index contributed by atoms with van der Waals surface area (Å²) in [6.07, 6.45) is 2.29. The zero-order valence-electron chi connectivity index (χ0n) is 10.1. The minimum Gasteiger partial charge on any atom is -0.393 e. The second kappa shape index (κ2) is 4.63. The summed E-state index contributed by atoms with van der Waals surface area (Å²) in [4.78, 5) is 2.49. The molecule has 1 saturated heterocycles. The van der Waals surface area contributed by atoms with E-state index < -0.39 is 0 Å². The van der Waals surface area contributed by atoms with Crippen molar-refractivity contribution in [2.24, 2.45) is 11.3 Å². The summed E-state index contributed by atoms with van der Waals surface area (Å²) in [5.74, 6) is 0.509. The van der Waals surface area contributed by atoms with Gasteiger partial charge in [0.15, 0.2) is 0 Å². The van der Waals surface area contributed by atoms with Crippen molar-refractivity contribution >= 4 is 0 Å². The monoisotopic (exact) mass is 199 g/mol. The molecular weight excluding hydrogens is 174 g/mol. The van der Waals surface area contributed by atoms with E-state index in [9.17, 15) is 5.11 Å². The van der Waals surface area contributed by atoms with E-state index in [1.54, 1.807) is 0 Å². The van der Waals surface area contributed by atoms with E-state index in [0.717, 1.165) is 6.54 Å². The predicted molar refractivity (Wildman–Crippen MR) is 60.3 cm³/mol. The van der Waals surface area contributed by atoms with Crippen LogP contribution < -0.4 is 0 Å². The Morgan fingerprint density at radius 3 is 2.50 bits per heavy atom. The lowest BCUT2D eigenvalue weighted by Gasteiger charge is -2.23. The van der Waals surface area contributed by atoms with Crippen LogP contribution in [0, 0.1) is 11.3 Å². The van der Waals surface area contributed by atoms with Gasteiger partial charge in [-0.1, -0.05) is 20.8 Å². The van der Waals surface area contributed by atoms with Gasteiger partial charge in [-0.05, 0) is 44.2 Å². The maximum atomic E-state index is 9.47. The number of aliphatic hydroxyl groups is 1. The van der Waals surface area contributed by atoms with Crippen molar-refractivity contribution < 1.29 is 5.11 Å². The maximum absolute atomic E-state index is 9.47. The van der Waals surface area contributed by atoms with E-state index in [4.69, 9.17) is 0 Å². The van der Waals surface area contributed by atoms with Crippen LogP contribution in [0.1, 0.15) is 40.5 Å². The summed E-state index contributed by atoms with van der Waals surface area (Å²) in [6, 6.07) is 0. The van der Waals surface area contributed by atoms with Crippen LogP contribution in [0.3, 0.4) is 0 Å². The Labute approximate surface area is 88.3 Å². The van der Waals surface area contributed by atoms with E-state index in [-0.39, 0.29) is 6.10 Å². The summed E-state index contributed by atoms with van der Waals surface area (Å²) in [5.41, 5.74) is 0.433. The highest BCUT2D eigenvalue weighted by atomic mass is 16.3. The lowest BCUT2D eigenvalue weighted by Crippen LogP contribution is -2.27. The molecule has 0 saturated carbocycles. The molecule has 2 nitrogen and oxygen atoms in total. The van der Waals surface area contributed by atoms with Crippen LogP contribution in [0.2, 0.25) is 0 Å². The van der Waals surface area contributed by atoms with E-state index in [1.165, 1.54) is 25.9 Å². The summed E-state index contributed by atoms with van der Waals surface area (Å²) < 4.78 is 0. The molecule has 1 N–H and O–H groups in total. The van der Waals surface area contributed by atoms with Crippen LogP contribution in [0.25, 0.3) is 0 Å². The topological polar surface area (TPSA) is 23.5 Å².